The molecular weight excluding hydrogens is 388 g/mol. The third-order valence-electron chi connectivity index (χ3n) is 4.37. The van der Waals surface area contributed by atoms with Gasteiger partial charge < -0.3 is 10.1 Å². The van der Waals surface area contributed by atoms with Crippen LogP contribution in [0.5, 0.6) is 5.75 Å². The highest BCUT2D eigenvalue weighted by molar-refractivity contribution is 7.89. The van der Waals surface area contributed by atoms with Gasteiger partial charge in [0.05, 0.1) is 4.90 Å². The first-order chi connectivity index (χ1) is 13.5. The van der Waals surface area contributed by atoms with Gasteiger partial charge in [-0.1, -0.05) is 26.0 Å². The van der Waals surface area contributed by atoms with E-state index < -0.39 is 16.1 Å². The second-order valence-corrected chi connectivity index (χ2v) is 9.44. The Kier molecular flexibility index (Phi) is 7.43. The van der Waals surface area contributed by atoms with Crippen molar-refractivity contribution in [2.45, 2.75) is 64.5 Å². The molecule has 0 aliphatic heterocycles. The van der Waals surface area contributed by atoms with Crippen molar-refractivity contribution in [2.75, 3.05) is 5.32 Å². The number of amides is 1. The minimum Gasteiger partial charge on any atom is -0.481 e. The highest BCUT2D eigenvalue weighted by atomic mass is 32.2. The van der Waals surface area contributed by atoms with E-state index in [1.54, 1.807) is 32.9 Å². The highest BCUT2D eigenvalue weighted by Crippen LogP contribution is 2.25. The molecule has 158 valence electrons. The maximum absolute atomic E-state index is 12.5. The summed E-state index contributed by atoms with van der Waals surface area (Å²) in [5.74, 6) is 0.734. The Morgan fingerprint density at radius 3 is 2.14 bits per heavy atom. The Bertz CT molecular complexity index is 951. The number of rotatable bonds is 8. The zero-order chi connectivity index (χ0) is 21.8. The van der Waals surface area contributed by atoms with E-state index in [1.165, 1.54) is 12.1 Å². The number of hydrogen-bond donors (Lipinski definition) is 2. The van der Waals surface area contributed by atoms with E-state index in [2.05, 4.69) is 30.0 Å². The average Bonchev–Trinajstić information content (AvgIpc) is 2.62. The van der Waals surface area contributed by atoms with Crippen LogP contribution in [0.15, 0.2) is 47.4 Å². The van der Waals surface area contributed by atoms with Crippen molar-refractivity contribution in [1.29, 1.82) is 0 Å². The molecule has 2 aromatic carbocycles. The van der Waals surface area contributed by atoms with Crippen LogP contribution in [-0.2, 0) is 14.8 Å². The van der Waals surface area contributed by atoms with Crippen molar-refractivity contribution in [2.24, 2.45) is 0 Å². The molecule has 0 spiro atoms. The molecule has 7 heteroatoms. The van der Waals surface area contributed by atoms with Crippen molar-refractivity contribution >= 4 is 21.6 Å². The summed E-state index contributed by atoms with van der Waals surface area (Å²) in [5.41, 5.74) is 2.60. The Hall–Kier alpha value is -2.38. The van der Waals surface area contributed by atoms with Crippen LogP contribution < -0.4 is 14.8 Å². The highest BCUT2D eigenvalue weighted by Gasteiger charge is 2.18. The summed E-state index contributed by atoms with van der Waals surface area (Å²) in [5, 5.41) is 2.76. The van der Waals surface area contributed by atoms with Crippen molar-refractivity contribution in [3.8, 4) is 5.75 Å². The zero-order valence-electron chi connectivity index (χ0n) is 17.8. The molecule has 0 saturated heterocycles. The molecule has 2 N–H and O–H groups in total. The molecule has 2 rings (SSSR count). The predicted octanol–water partition coefficient (Wildman–Crippen LogP) is 4.21. The fourth-order valence-corrected chi connectivity index (χ4v) is 3.94. The molecule has 29 heavy (non-hydrogen) atoms. The maximum atomic E-state index is 12.5. The first kappa shape index (κ1) is 22.9. The number of sulfonamides is 1. The van der Waals surface area contributed by atoms with Gasteiger partial charge in [-0.15, -0.1) is 0 Å². The second-order valence-electron chi connectivity index (χ2n) is 7.73. The van der Waals surface area contributed by atoms with Gasteiger partial charge in [-0.2, -0.15) is 0 Å². The lowest BCUT2D eigenvalue weighted by Gasteiger charge is -2.18. The number of benzene rings is 2. The van der Waals surface area contributed by atoms with Gasteiger partial charge in [-0.3, -0.25) is 4.79 Å². The van der Waals surface area contributed by atoms with E-state index in [0.717, 1.165) is 11.1 Å². The van der Waals surface area contributed by atoms with E-state index in [4.69, 9.17) is 4.74 Å². The molecule has 0 aliphatic carbocycles. The van der Waals surface area contributed by atoms with Gasteiger partial charge in [-0.05, 0) is 75.1 Å². The average molecular weight is 419 g/mol. The lowest BCUT2D eigenvalue weighted by atomic mass is 10.0. The number of hydrogen-bond acceptors (Lipinski definition) is 4. The van der Waals surface area contributed by atoms with E-state index in [9.17, 15) is 13.2 Å². The molecule has 1 atom stereocenters. The largest absolute Gasteiger partial charge is 0.481 e. The molecule has 0 bridgehead atoms. The van der Waals surface area contributed by atoms with Crippen molar-refractivity contribution in [3.05, 3.63) is 53.6 Å². The summed E-state index contributed by atoms with van der Waals surface area (Å²) in [7, 11) is -3.57. The van der Waals surface area contributed by atoms with Crippen LogP contribution in [0.1, 0.15) is 51.7 Å². The van der Waals surface area contributed by atoms with Crippen LogP contribution >= 0.6 is 0 Å². The first-order valence-corrected chi connectivity index (χ1v) is 11.2. The zero-order valence-corrected chi connectivity index (χ0v) is 18.6. The number of aryl methyl sites for hydroxylation is 1. The number of ether oxygens (including phenoxy) is 1. The molecule has 0 radical (unpaired) electrons. The summed E-state index contributed by atoms with van der Waals surface area (Å²) in [4.78, 5) is 12.7. The topological polar surface area (TPSA) is 84.5 Å². The Morgan fingerprint density at radius 2 is 1.59 bits per heavy atom. The Morgan fingerprint density at radius 1 is 0.966 bits per heavy atom. The summed E-state index contributed by atoms with van der Waals surface area (Å²) in [6.45, 7) is 11.3. The maximum Gasteiger partial charge on any atom is 0.265 e. The third kappa shape index (κ3) is 6.30. The van der Waals surface area contributed by atoms with Crippen LogP contribution in [-0.4, -0.2) is 26.5 Å². The van der Waals surface area contributed by atoms with E-state index in [-0.39, 0.29) is 16.8 Å². The molecule has 2 aromatic rings. The number of anilines is 1. The van der Waals surface area contributed by atoms with E-state index in [1.807, 2.05) is 19.1 Å². The molecule has 0 saturated carbocycles. The first-order valence-electron chi connectivity index (χ1n) is 9.70. The van der Waals surface area contributed by atoms with Gasteiger partial charge in [0.2, 0.25) is 10.0 Å². The summed E-state index contributed by atoms with van der Waals surface area (Å²) >= 11 is 0. The molecular formula is C22H30N2O4S. The third-order valence-corrected chi connectivity index (χ3v) is 6.05. The Balaban J connectivity index is 2.06. The van der Waals surface area contributed by atoms with Crippen LogP contribution in [0.4, 0.5) is 5.69 Å². The molecule has 0 heterocycles. The molecule has 6 nitrogen and oxygen atoms in total. The SMILES string of the molecule is Cc1ccc(C(C)C)cc1OC(C)C(=O)Nc1ccc(S(=O)(=O)NC(C)C)cc1. The lowest BCUT2D eigenvalue weighted by Crippen LogP contribution is -2.31. The minimum absolute atomic E-state index is 0.148. The number of nitrogens with one attached hydrogen (secondary N) is 2. The van der Waals surface area contributed by atoms with Crippen molar-refractivity contribution in [1.82, 2.24) is 4.72 Å². The summed E-state index contributed by atoms with van der Waals surface area (Å²) in [6.07, 6.45) is -0.706. The smallest absolute Gasteiger partial charge is 0.265 e. The van der Waals surface area contributed by atoms with Gasteiger partial charge in [0.15, 0.2) is 6.10 Å². The number of carbonyl (C=O) groups excluding carboxylic acids is 1. The van der Waals surface area contributed by atoms with Crippen LogP contribution in [0.3, 0.4) is 0 Å². The lowest BCUT2D eigenvalue weighted by molar-refractivity contribution is -0.122. The number of carbonyl (C=O) groups is 1. The fraction of sp³-hybridized carbons (Fsp3) is 0.409. The van der Waals surface area contributed by atoms with Gasteiger partial charge in [-0.25, -0.2) is 13.1 Å². The summed E-state index contributed by atoms with van der Waals surface area (Å²) < 4.78 is 32.8. The predicted molar refractivity (Wildman–Crippen MR) is 116 cm³/mol. The van der Waals surface area contributed by atoms with E-state index in [0.29, 0.717) is 17.4 Å². The normalized spacial score (nSPS) is 12.8. The molecule has 0 aromatic heterocycles. The fourth-order valence-electron chi connectivity index (χ4n) is 2.69. The van der Waals surface area contributed by atoms with Gasteiger partial charge in [0, 0.05) is 11.7 Å². The Labute approximate surface area is 173 Å². The molecule has 0 fully saturated rings. The van der Waals surface area contributed by atoms with Gasteiger partial charge in [0.25, 0.3) is 5.91 Å². The van der Waals surface area contributed by atoms with E-state index >= 15 is 0 Å². The van der Waals surface area contributed by atoms with Crippen LogP contribution in [0, 0.1) is 6.92 Å². The van der Waals surface area contributed by atoms with Crippen molar-refractivity contribution < 1.29 is 17.9 Å². The second kappa shape index (κ2) is 9.41. The van der Waals surface area contributed by atoms with Crippen LogP contribution in [0.2, 0.25) is 0 Å². The molecule has 0 aliphatic rings. The molecule has 1 unspecified atom stereocenters. The minimum atomic E-state index is -3.57. The monoisotopic (exact) mass is 418 g/mol. The van der Waals surface area contributed by atoms with Gasteiger partial charge >= 0.3 is 0 Å². The van der Waals surface area contributed by atoms with Crippen molar-refractivity contribution in [3.63, 3.8) is 0 Å². The summed E-state index contributed by atoms with van der Waals surface area (Å²) in [6, 6.07) is 11.8. The van der Waals surface area contributed by atoms with Crippen LogP contribution in [0.25, 0.3) is 0 Å². The quantitative estimate of drug-likeness (QED) is 0.672. The van der Waals surface area contributed by atoms with Gasteiger partial charge in [0.1, 0.15) is 5.75 Å². The standard InChI is InChI=1S/C22H30N2O4S/c1-14(2)18-8-7-16(5)21(13-18)28-17(6)22(25)23-19-9-11-20(12-10-19)29(26,27)24-15(3)4/h7-15,17,24H,1-6H3,(H,23,25). The molecule has 1 amide bonds.